The number of nitrogens with zero attached hydrogens (tertiary/aromatic N) is 2. The number of furan rings is 1. The number of hydrogen-bond donors (Lipinski definition) is 0. The van der Waals surface area contributed by atoms with Gasteiger partial charge in [0.25, 0.3) is 0 Å². The molecule has 3 heteroatoms. The largest absolute Gasteiger partial charge is 0.456 e. The van der Waals surface area contributed by atoms with Crippen molar-refractivity contribution in [3.05, 3.63) is 194 Å². The van der Waals surface area contributed by atoms with Crippen LogP contribution in [0.2, 0.25) is 0 Å². The average Bonchev–Trinajstić information content (AvgIpc) is 3.91. The Bertz CT molecular complexity index is 3490. The molecule has 9 aromatic carbocycles. The zero-order valence-corrected chi connectivity index (χ0v) is 29.8. The lowest BCUT2D eigenvalue weighted by Gasteiger charge is -2.13. The van der Waals surface area contributed by atoms with Gasteiger partial charge >= 0.3 is 0 Å². The SMILES string of the molecule is c1ccc(-n2c3ccccc3c3c(-c4cccc5c4c4ccccc4n5-c4cc(-c5ccc6ccccc6c5)cc5oc6ccccc6c45)cccc32)cc1. The Balaban J connectivity index is 1.19. The first-order valence-corrected chi connectivity index (χ1v) is 18.9. The molecule has 3 aromatic heterocycles. The van der Waals surface area contributed by atoms with Crippen molar-refractivity contribution in [3.63, 3.8) is 0 Å². The van der Waals surface area contributed by atoms with E-state index in [4.69, 9.17) is 4.42 Å². The van der Waals surface area contributed by atoms with Crippen LogP contribution in [0.25, 0.3) is 110 Å². The monoisotopic (exact) mass is 700 g/mol. The average molecular weight is 701 g/mol. The van der Waals surface area contributed by atoms with Crippen molar-refractivity contribution in [3.8, 4) is 33.6 Å². The van der Waals surface area contributed by atoms with E-state index in [0.717, 1.165) is 55.5 Å². The highest BCUT2D eigenvalue weighted by Gasteiger charge is 2.23. The summed E-state index contributed by atoms with van der Waals surface area (Å²) in [5, 5.41) is 9.62. The van der Waals surface area contributed by atoms with Crippen LogP contribution in [0.3, 0.4) is 0 Å². The minimum atomic E-state index is 0.877. The standard InChI is InChI=1S/C52H32N2O/c1-2-16-37(17-3-1)53-43-23-9-6-18-40(43)50-38(21-12-25-45(50)53)39-22-13-26-46-51(39)41-19-7-10-24-44(41)54(46)47-31-36(35-29-28-33-14-4-5-15-34(33)30-35)32-49-52(47)42-20-8-11-27-48(42)55-49/h1-32H. The van der Waals surface area contributed by atoms with Crippen molar-refractivity contribution in [2.75, 3.05) is 0 Å². The van der Waals surface area contributed by atoms with Gasteiger partial charge in [0.05, 0.1) is 33.1 Å². The maximum atomic E-state index is 6.67. The van der Waals surface area contributed by atoms with Gasteiger partial charge in [0.15, 0.2) is 0 Å². The second kappa shape index (κ2) is 11.6. The molecule has 0 aliphatic heterocycles. The quantitative estimate of drug-likeness (QED) is 0.179. The second-order valence-corrected chi connectivity index (χ2v) is 14.5. The lowest BCUT2D eigenvalue weighted by atomic mass is 9.95. The van der Waals surface area contributed by atoms with Gasteiger partial charge in [-0.25, -0.2) is 0 Å². The lowest BCUT2D eigenvalue weighted by molar-refractivity contribution is 0.669. The molecule has 12 aromatic rings. The van der Waals surface area contributed by atoms with E-state index in [1.807, 2.05) is 0 Å². The molecule has 256 valence electrons. The molecule has 0 N–H and O–H groups in total. The number of fused-ring (bicyclic) bond motifs is 10. The molecule has 0 aliphatic carbocycles. The van der Waals surface area contributed by atoms with E-state index in [1.54, 1.807) is 0 Å². The third-order valence-electron chi connectivity index (χ3n) is 11.5. The van der Waals surface area contributed by atoms with Crippen molar-refractivity contribution in [2.45, 2.75) is 0 Å². The van der Waals surface area contributed by atoms with Gasteiger partial charge < -0.3 is 13.6 Å². The number of hydrogen-bond acceptors (Lipinski definition) is 1. The Hall–Kier alpha value is -7.36. The van der Waals surface area contributed by atoms with E-state index in [-0.39, 0.29) is 0 Å². The number of benzene rings is 9. The maximum Gasteiger partial charge on any atom is 0.138 e. The molecule has 12 rings (SSSR count). The van der Waals surface area contributed by atoms with Gasteiger partial charge in [-0.15, -0.1) is 0 Å². The molecule has 0 fully saturated rings. The fourth-order valence-corrected chi connectivity index (χ4v) is 9.15. The van der Waals surface area contributed by atoms with E-state index in [2.05, 4.69) is 203 Å². The smallest absolute Gasteiger partial charge is 0.138 e. The van der Waals surface area contributed by atoms with Crippen molar-refractivity contribution >= 4 is 76.3 Å². The minimum absolute atomic E-state index is 0.877. The van der Waals surface area contributed by atoms with E-state index in [0.29, 0.717) is 0 Å². The molecular weight excluding hydrogens is 669 g/mol. The summed E-state index contributed by atoms with van der Waals surface area (Å²) < 4.78 is 11.5. The summed E-state index contributed by atoms with van der Waals surface area (Å²) in [5.74, 6) is 0. The molecule has 0 unspecified atom stereocenters. The summed E-state index contributed by atoms with van der Waals surface area (Å²) in [6, 6.07) is 70.2. The van der Waals surface area contributed by atoms with E-state index >= 15 is 0 Å². The molecule has 0 amide bonds. The first-order valence-electron chi connectivity index (χ1n) is 18.9. The second-order valence-electron chi connectivity index (χ2n) is 14.5. The summed E-state index contributed by atoms with van der Waals surface area (Å²) in [5.41, 5.74) is 13.4. The Kier molecular flexibility index (Phi) is 6.34. The zero-order valence-electron chi connectivity index (χ0n) is 29.8. The summed E-state index contributed by atoms with van der Waals surface area (Å²) in [6.07, 6.45) is 0. The van der Waals surface area contributed by atoms with Crippen LogP contribution in [-0.2, 0) is 0 Å². The highest BCUT2D eigenvalue weighted by atomic mass is 16.3. The van der Waals surface area contributed by atoms with E-state index in [9.17, 15) is 0 Å². The molecule has 0 saturated heterocycles. The van der Waals surface area contributed by atoms with Crippen molar-refractivity contribution < 1.29 is 4.42 Å². The Morgan fingerprint density at radius 1 is 0.327 bits per heavy atom. The fraction of sp³-hybridized carbons (Fsp3) is 0. The summed E-state index contributed by atoms with van der Waals surface area (Å²) in [4.78, 5) is 0. The van der Waals surface area contributed by atoms with Crippen LogP contribution in [0.5, 0.6) is 0 Å². The minimum Gasteiger partial charge on any atom is -0.456 e. The lowest BCUT2D eigenvalue weighted by Crippen LogP contribution is -1.96. The van der Waals surface area contributed by atoms with Gasteiger partial charge in [0.2, 0.25) is 0 Å². The van der Waals surface area contributed by atoms with Gasteiger partial charge in [-0.05, 0) is 93.7 Å². The van der Waals surface area contributed by atoms with Crippen LogP contribution in [0.4, 0.5) is 0 Å². The van der Waals surface area contributed by atoms with Crippen LogP contribution < -0.4 is 0 Å². The fourth-order valence-electron chi connectivity index (χ4n) is 9.15. The van der Waals surface area contributed by atoms with Crippen molar-refractivity contribution in [1.82, 2.24) is 9.13 Å². The van der Waals surface area contributed by atoms with Crippen LogP contribution in [0, 0.1) is 0 Å². The third-order valence-corrected chi connectivity index (χ3v) is 11.5. The molecule has 3 nitrogen and oxygen atoms in total. The molecule has 3 heterocycles. The third kappa shape index (κ3) is 4.38. The summed E-state index contributed by atoms with van der Waals surface area (Å²) >= 11 is 0. The normalized spacial score (nSPS) is 12.0. The molecule has 0 atom stereocenters. The van der Waals surface area contributed by atoms with Crippen LogP contribution in [0.15, 0.2) is 199 Å². The highest BCUT2D eigenvalue weighted by Crippen LogP contribution is 2.46. The summed E-state index contributed by atoms with van der Waals surface area (Å²) in [6.45, 7) is 0. The molecule has 0 saturated carbocycles. The van der Waals surface area contributed by atoms with Gasteiger partial charge in [0.1, 0.15) is 11.2 Å². The molecule has 0 radical (unpaired) electrons. The number of rotatable bonds is 4. The van der Waals surface area contributed by atoms with Crippen LogP contribution >= 0.6 is 0 Å². The molecule has 55 heavy (non-hydrogen) atoms. The molecular formula is C52H32N2O. The Morgan fingerprint density at radius 3 is 1.65 bits per heavy atom. The first-order chi connectivity index (χ1) is 27.3. The predicted molar refractivity (Wildman–Crippen MR) is 231 cm³/mol. The van der Waals surface area contributed by atoms with Crippen LogP contribution in [-0.4, -0.2) is 9.13 Å². The van der Waals surface area contributed by atoms with Crippen LogP contribution in [0.1, 0.15) is 0 Å². The van der Waals surface area contributed by atoms with Gasteiger partial charge in [-0.2, -0.15) is 0 Å². The Labute approximate surface area is 316 Å². The maximum absolute atomic E-state index is 6.67. The van der Waals surface area contributed by atoms with Crippen molar-refractivity contribution in [2.24, 2.45) is 0 Å². The van der Waals surface area contributed by atoms with Gasteiger partial charge in [-0.3, -0.25) is 0 Å². The van der Waals surface area contributed by atoms with Gasteiger partial charge in [-0.1, -0.05) is 133 Å². The number of aromatic nitrogens is 2. The topological polar surface area (TPSA) is 23.0 Å². The Morgan fingerprint density at radius 2 is 0.909 bits per heavy atom. The number of para-hydroxylation sites is 4. The molecule has 0 bridgehead atoms. The molecule has 0 spiro atoms. The van der Waals surface area contributed by atoms with Crippen molar-refractivity contribution in [1.29, 1.82) is 0 Å². The zero-order chi connectivity index (χ0) is 36.0. The first kappa shape index (κ1) is 30.1. The predicted octanol–water partition coefficient (Wildman–Crippen LogP) is 14.3. The van der Waals surface area contributed by atoms with E-state index < -0.39 is 0 Å². The molecule has 0 aliphatic rings. The summed E-state index contributed by atoms with van der Waals surface area (Å²) in [7, 11) is 0. The van der Waals surface area contributed by atoms with E-state index in [1.165, 1.54) is 54.5 Å². The van der Waals surface area contributed by atoms with Gasteiger partial charge in [0, 0.05) is 32.6 Å². The highest BCUT2D eigenvalue weighted by molar-refractivity contribution is 6.23.